The molecule has 0 aliphatic carbocycles. The summed E-state index contributed by atoms with van der Waals surface area (Å²) >= 11 is 6.08. The average Bonchev–Trinajstić information content (AvgIpc) is 2.76. The SMILES string of the molecule is Cc1ccc(NC(=O)CNc2ccc(C(=O)NC(C)c3ccccc3)cc2)cc1Cl. The van der Waals surface area contributed by atoms with E-state index in [4.69, 9.17) is 11.6 Å². The van der Waals surface area contributed by atoms with Gasteiger partial charge in [-0.05, 0) is 61.4 Å². The number of rotatable bonds is 7. The largest absolute Gasteiger partial charge is 0.376 e. The minimum atomic E-state index is -0.187. The lowest BCUT2D eigenvalue weighted by Gasteiger charge is -2.14. The Bertz CT molecular complexity index is 1020. The van der Waals surface area contributed by atoms with Crippen molar-refractivity contribution in [1.82, 2.24) is 5.32 Å². The first-order valence-corrected chi connectivity index (χ1v) is 10.1. The molecule has 1 unspecified atom stereocenters. The third-order valence-corrected chi connectivity index (χ3v) is 5.11. The van der Waals surface area contributed by atoms with Crippen molar-refractivity contribution < 1.29 is 9.59 Å². The van der Waals surface area contributed by atoms with Gasteiger partial charge in [0.05, 0.1) is 12.6 Å². The zero-order valence-electron chi connectivity index (χ0n) is 16.9. The molecule has 3 N–H and O–H groups in total. The molecule has 5 nitrogen and oxygen atoms in total. The molecular formula is C24H24ClN3O2. The van der Waals surface area contributed by atoms with E-state index in [1.165, 1.54) is 0 Å². The maximum atomic E-state index is 12.5. The molecule has 0 fully saturated rings. The predicted octanol–water partition coefficient (Wildman–Crippen LogP) is 5.19. The monoisotopic (exact) mass is 421 g/mol. The van der Waals surface area contributed by atoms with Crippen LogP contribution in [0.3, 0.4) is 0 Å². The number of carbonyl (C=O) groups is 2. The molecule has 154 valence electrons. The van der Waals surface area contributed by atoms with Crippen LogP contribution >= 0.6 is 11.6 Å². The maximum absolute atomic E-state index is 12.5. The predicted molar refractivity (Wildman–Crippen MR) is 122 cm³/mol. The highest BCUT2D eigenvalue weighted by molar-refractivity contribution is 6.31. The van der Waals surface area contributed by atoms with Gasteiger partial charge in [0, 0.05) is 22.0 Å². The fraction of sp³-hybridized carbons (Fsp3) is 0.167. The molecule has 0 radical (unpaired) electrons. The molecule has 30 heavy (non-hydrogen) atoms. The van der Waals surface area contributed by atoms with E-state index in [0.717, 1.165) is 16.8 Å². The summed E-state index contributed by atoms with van der Waals surface area (Å²) in [4.78, 5) is 24.6. The Kier molecular flexibility index (Phi) is 7.09. The molecule has 0 heterocycles. The second kappa shape index (κ2) is 9.94. The molecule has 3 aromatic rings. The Balaban J connectivity index is 1.50. The third kappa shape index (κ3) is 5.84. The van der Waals surface area contributed by atoms with Crippen LogP contribution in [0.1, 0.15) is 34.5 Å². The summed E-state index contributed by atoms with van der Waals surface area (Å²) in [5.41, 5.74) is 3.96. The standard InChI is InChI=1S/C24H24ClN3O2/c1-16-8-11-21(14-22(16)25)28-23(29)15-26-20-12-9-19(10-13-20)24(30)27-17(2)18-6-4-3-5-7-18/h3-14,17,26H,15H2,1-2H3,(H,27,30)(H,28,29). The van der Waals surface area contributed by atoms with Crippen molar-refractivity contribution >= 4 is 34.8 Å². The van der Waals surface area contributed by atoms with Crippen molar-refractivity contribution in [3.8, 4) is 0 Å². The maximum Gasteiger partial charge on any atom is 0.251 e. The van der Waals surface area contributed by atoms with Crippen molar-refractivity contribution in [3.05, 3.63) is 94.5 Å². The average molecular weight is 422 g/mol. The van der Waals surface area contributed by atoms with Gasteiger partial charge in [-0.2, -0.15) is 0 Å². The molecule has 3 aromatic carbocycles. The van der Waals surface area contributed by atoms with E-state index in [9.17, 15) is 9.59 Å². The number of nitrogens with one attached hydrogen (secondary N) is 3. The fourth-order valence-corrected chi connectivity index (χ4v) is 3.08. The van der Waals surface area contributed by atoms with Crippen molar-refractivity contribution in [3.63, 3.8) is 0 Å². The van der Waals surface area contributed by atoms with Crippen LogP contribution in [0.25, 0.3) is 0 Å². The Morgan fingerprint density at radius 3 is 2.27 bits per heavy atom. The minimum absolute atomic E-state index is 0.0875. The lowest BCUT2D eigenvalue weighted by atomic mass is 10.1. The lowest BCUT2D eigenvalue weighted by molar-refractivity contribution is -0.114. The lowest BCUT2D eigenvalue weighted by Crippen LogP contribution is -2.26. The van der Waals surface area contributed by atoms with Gasteiger partial charge in [0.15, 0.2) is 0 Å². The molecule has 0 saturated carbocycles. The van der Waals surface area contributed by atoms with Crippen LogP contribution in [0.2, 0.25) is 5.02 Å². The second-order valence-electron chi connectivity index (χ2n) is 7.05. The van der Waals surface area contributed by atoms with Crippen molar-refractivity contribution in [2.75, 3.05) is 17.2 Å². The smallest absolute Gasteiger partial charge is 0.251 e. The van der Waals surface area contributed by atoms with Crippen LogP contribution in [0.15, 0.2) is 72.8 Å². The topological polar surface area (TPSA) is 70.2 Å². The minimum Gasteiger partial charge on any atom is -0.376 e. The first kappa shape index (κ1) is 21.4. The third-order valence-electron chi connectivity index (χ3n) is 4.70. The Hall–Kier alpha value is -3.31. The van der Waals surface area contributed by atoms with Crippen LogP contribution in [-0.2, 0) is 4.79 Å². The zero-order valence-corrected chi connectivity index (χ0v) is 17.7. The molecule has 0 spiro atoms. The zero-order chi connectivity index (χ0) is 21.5. The van der Waals surface area contributed by atoms with Crippen molar-refractivity contribution in [2.24, 2.45) is 0 Å². The van der Waals surface area contributed by atoms with Gasteiger partial charge in [-0.1, -0.05) is 48.0 Å². The summed E-state index contributed by atoms with van der Waals surface area (Å²) in [5, 5.41) is 9.43. The summed E-state index contributed by atoms with van der Waals surface area (Å²) in [6.07, 6.45) is 0. The van der Waals surface area contributed by atoms with E-state index in [1.807, 2.05) is 56.3 Å². The molecule has 3 rings (SSSR count). The number of amides is 2. The van der Waals surface area contributed by atoms with Gasteiger partial charge in [-0.3, -0.25) is 9.59 Å². The number of benzene rings is 3. The number of carbonyl (C=O) groups excluding carboxylic acids is 2. The van der Waals surface area contributed by atoms with E-state index >= 15 is 0 Å². The van der Waals surface area contributed by atoms with Gasteiger partial charge >= 0.3 is 0 Å². The van der Waals surface area contributed by atoms with Gasteiger partial charge in [-0.15, -0.1) is 0 Å². The summed E-state index contributed by atoms with van der Waals surface area (Å²) < 4.78 is 0. The van der Waals surface area contributed by atoms with Gasteiger partial charge in [-0.25, -0.2) is 0 Å². The van der Waals surface area contributed by atoms with Crippen LogP contribution in [-0.4, -0.2) is 18.4 Å². The summed E-state index contributed by atoms with van der Waals surface area (Å²) in [7, 11) is 0. The Labute approximate surface area is 181 Å². The molecular weight excluding hydrogens is 398 g/mol. The highest BCUT2D eigenvalue weighted by Crippen LogP contribution is 2.20. The first-order chi connectivity index (χ1) is 14.4. The summed E-state index contributed by atoms with van der Waals surface area (Å²) in [5.74, 6) is -0.333. The Morgan fingerprint density at radius 2 is 1.60 bits per heavy atom. The van der Waals surface area contributed by atoms with E-state index < -0.39 is 0 Å². The molecule has 0 aromatic heterocycles. The molecule has 0 aliphatic heterocycles. The van der Waals surface area contributed by atoms with Crippen LogP contribution < -0.4 is 16.0 Å². The van der Waals surface area contributed by atoms with E-state index in [0.29, 0.717) is 16.3 Å². The summed E-state index contributed by atoms with van der Waals surface area (Å²) in [6.45, 7) is 3.95. The molecule has 0 bridgehead atoms. The van der Waals surface area contributed by atoms with Crippen molar-refractivity contribution in [2.45, 2.75) is 19.9 Å². The number of aryl methyl sites for hydroxylation is 1. The van der Waals surface area contributed by atoms with Crippen LogP contribution in [0, 0.1) is 6.92 Å². The van der Waals surface area contributed by atoms with Gasteiger partial charge in [0.25, 0.3) is 5.91 Å². The van der Waals surface area contributed by atoms with Crippen LogP contribution in [0.4, 0.5) is 11.4 Å². The number of hydrogen-bond donors (Lipinski definition) is 3. The quantitative estimate of drug-likeness (QED) is 0.491. The van der Waals surface area contributed by atoms with Gasteiger partial charge in [0.2, 0.25) is 5.91 Å². The highest BCUT2D eigenvalue weighted by Gasteiger charge is 2.11. The van der Waals surface area contributed by atoms with E-state index in [-0.39, 0.29) is 24.4 Å². The highest BCUT2D eigenvalue weighted by atomic mass is 35.5. The van der Waals surface area contributed by atoms with Crippen molar-refractivity contribution in [1.29, 1.82) is 0 Å². The first-order valence-electron chi connectivity index (χ1n) is 9.68. The molecule has 2 amide bonds. The summed E-state index contributed by atoms with van der Waals surface area (Å²) in [6, 6.07) is 22.1. The van der Waals surface area contributed by atoms with Gasteiger partial charge in [0.1, 0.15) is 0 Å². The fourth-order valence-electron chi connectivity index (χ4n) is 2.90. The number of anilines is 2. The van der Waals surface area contributed by atoms with Gasteiger partial charge < -0.3 is 16.0 Å². The van der Waals surface area contributed by atoms with Crippen LogP contribution in [0.5, 0.6) is 0 Å². The molecule has 0 saturated heterocycles. The molecule has 0 aliphatic rings. The van der Waals surface area contributed by atoms with E-state index in [2.05, 4.69) is 16.0 Å². The number of hydrogen-bond acceptors (Lipinski definition) is 3. The number of halogens is 1. The normalized spacial score (nSPS) is 11.4. The van der Waals surface area contributed by atoms with E-state index in [1.54, 1.807) is 30.3 Å². The Morgan fingerprint density at radius 1 is 0.933 bits per heavy atom. The molecule has 6 heteroatoms. The second-order valence-corrected chi connectivity index (χ2v) is 7.46. The molecule has 1 atom stereocenters.